The highest BCUT2D eigenvalue weighted by Crippen LogP contribution is 2.18. The van der Waals surface area contributed by atoms with Crippen molar-refractivity contribution in [3.05, 3.63) is 29.8 Å². The van der Waals surface area contributed by atoms with Crippen LogP contribution in [0.1, 0.15) is 32.4 Å². The van der Waals surface area contributed by atoms with Crippen LogP contribution in [0.3, 0.4) is 0 Å². The van der Waals surface area contributed by atoms with Gasteiger partial charge in [-0.1, -0.05) is 12.1 Å². The molecule has 0 saturated heterocycles. The molecule has 1 rings (SSSR count). The van der Waals surface area contributed by atoms with Crippen LogP contribution in [0.5, 0.6) is 5.75 Å². The number of hydrogen-bond donors (Lipinski definition) is 1. The van der Waals surface area contributed by atoms with Crippen LogP contribution in [-0.2, 0) is 9.47 Å². The van der Waals surface area contributed by atoms with Gasteiger partial charge in [0, 0.05) is 26.8 Å². The lowest BCUT2D eigenvalue weighted by atomic mass is 10.1. The van der Waals surface area contributed by atoms with E-state index in [4.69, 9.17) is 14.2 Å². The monoisotopic (exact) mass is 267 g/mol. The van der Waals surface area contributed by atoms with Gasteiger partial charge in [0.05, 0.1) is 6.10 Å². The second kappa shape index (κ2) is 8.15. The summed E-state index contributed by atoms with van der Waals surface area (Å²) in [5, 5.41) is 3.37. The van der Waals surface area contributed by atoms with E-state index in [0.717, 1.165) is 5.75 Å². The van der Waals surface area contributed by atoms with Gasteiger partial charge in [0.1, 0.15) is 5.75 Å². The van der Waals surface area contributed by atoms with Gasteiger partial charge in [0.15, 0.2) is 6.29 Å². The van der Waals surface area contributed by atoms with Crippen LogP contribution in [0.15, 0.2) is 24.3 Å². The molecule has 1 atom stereocenters. The van der Waals surface area contributed by atoms with E-state index in [1.807, 2.05) is 26.0 Å². The van der Waals surface area contributed by atoms with Crippen LogP contribution < -0.4 is 10.1 Å². The summed E-state index contributed by atoms with van der Waals surface area (Å²) in [5.41, 5.74) is 1.21. The minimum Gasteiger partial charge on any atom is -0.491 e. The summed E-state index contributed by atoms with van der Waals surface area (Å²) in [7, 11) is 3.27. The number of rotatable bonds is 8. The zero-order chi connectivity index (χ0) is 14.3. The fourth-order valence-corrected chi connectivity index (χ4v) is 1.76. The SMILES string of the molecule is COC(CNC(C)c1ccc(OC(C)C)cc1)OC. The highest BCUT2D eigenvalue weighted by Gasteiger charge is 2.09. The summed E-state index contributed by atoms with van der Waals surface area (Å²) in [6.07, 6.45) is -0.0171. The Morgan fingerprint density at radius 1 is 1.00 bits per heavy atom. The third-order valence-corrected chi connectivity index (χ3v) is 2.87. The maximum atomic E-state index is 5.62. The molecular weight excluding hydrogens is 242 g/mol. The molecule has 0 aliphatic heterocycles. The minimum atomic E-state index is -0.217. The van der Waals surface area contributed by atoms with E-state index < -0.39 is 0 Å². The number of nitrogens with one attached hydrogen (secondary N) is 1. The molecule has 0 aliphatic carbocycles. The molecule has 0 radical (unpaired) electrons. The zero-order valence-corrected chi connectivity index (χ0v) is 12.5. The van der Waals surface area contributed by atoms with E-state index in [1.165, 1.54) is 5.56 Å². The Morgan fingerprint density at radius 2 is 1.58 bits per heavy atom. The largest absolute Gasteiger partial charge is 0.491 e. The summed E-state index contributed by atoms with van der Waals surface area (Å²) in [6.45, 7) is 6.81. The molecule has 1 unspecified atom stereocenters. The Labute approximate surface area is 116 Å². The lowest BCUT2D eigenvalue weighted by molar-refractivity contribution is -0.0997. The second-order valence-corrected chi connectivity index (χ2v) is 4.77. The fourth-order valence-electron chi connectivity index (χ4n) is 1.76. The number of ether oxygens (including phenoxy) is 3. The van der Waals surface area contributed by atoms with Crippen LogP contribution in [0, 0.1) is 0 Å². The van der Waals surface area contributed by atoms with Gasteiger partial charge in [-0.25, -0.2) is 0 Å². The van der Waals surface area contributed by atoms with Crippen molar-refractivity contribution < 1.29 is 14.2 Å². The van der Waals surface area contributed by atoms with Crippen LogP contribution in [0.2, 0.25) is 0 Å². The Bertz CT molecular complexity index is 347. The molecule has 1 aromatic carbocycles. The smallest absolute Gasteiger partial charge is 0.169 e. The highest BCUT2D eigenvalue weighted by atomic mass is 16.7. The van der Waals surface area contributed by atoms with Crippen molar-refractivity contribution in [1.29, 1.82) is 0 Å². The highest BCUT2D eigenvalue weighted by molar-refractivity contribution is 5.29. The Kier molecular flexibility index (Phi) is 6.84. The summed E-state index contributed by atoms with van der Waals surface area (Å²) in [4.78, 5) is 0. The van der Waals surface area contributed by atoms with E-state index in [9.17, 15) is 0 Å². The first-order chi connectivity index (χ1) is 9.06. The predicted molar refractivity (Wildman–Crippen MR) is 76.4 cm³/mol. The maximum absolute atomic E-state index is 5.62. The zero-order valence-electron chi connectivity index (χ0n) is 12.5. The lowest BCUT2D eigenvalue weighted by Crippen LogP contribution is -2.31. The molecule has 1 N–H and O–H groups in total. The third-order valence-electron chi connectivity index (χ3n) is 2.87. The first kappa shape index (κ1) is 16.0. The summed E-state index contributed by atoms with van der Waals surface area (Å²) >= 11 is 0. The van der Waals surface area contributed by atoms with Gasteiger partial charge >= 0.3 is 0 Å². The van der Waals surface area contributed by atoms with E-state index in [0.29, 0.717) is 6.54 Å². The normalized spacial score (nSPS) is 13.0. The van der Waals surface area contributed by atoms with E-state index in [1.54, 1.807) is 14.2 Å². The van der Waals surface area contributed by atoms with Crippen molar-refractivity contribution in [1.82, 2.24) is 5.32 Å². The Hall–Kier alpha value is -1.10. The molecule has 0 spiro atoms. The number of methoxy groups -OCH3 is 2. The quantitative estimate of drug-likeness (QED) is 0.735. The van der Waals surface area contributed by atoms with Crippen molar-refractivity contribution >= 4 is 0 Å². The number of benzene rings is 1. The van der Waals surface area contributed by atoms with Crippen LogP contribution in [-0.4, -0.2) is 33.2 Å². The van der Waals surface area contributed by atoms with Crippen molar-refractivity contribution in [3.63, 3.8) is 0 Å². The van der Waals surface area contributed by atoms with Gasteiger partial charge in [-0.15, -0.1) is 0 Å². The van der Waals surface area contributed by atoms with Crippen LogP contribution in [0.4, 0.5) is 0 Å². The Balaban J connectivity index is 2.50. The number of hydrogen-bond acceptors (Lipinski definition) is 4. The van der Waals surface area contributed by atoms with Gasteiger partial charge in [-0.2, -0.15) is 0 Å². The van der Waals surface area contributed by atoms with Crippen molar-refractivity contribution in [2.45, 2.75) is 39.2 Å². The molecule has 1 aromatic rings. The predicted octanol–water partition coefficient (Wildman–Crippen LogP) is 2.74. The van der Waals surface area contributed by atoms with Gasteiger partial charge in [-0.3, -0.25) is 0 Å². The van der Waals surface area contributed by atoms with Crippen LogP contribution in [0.25, 0.3) is 0 Å². The average molecular weight is 267 g/mol. The molecule has 0 amide bonds. The van der Waals surface area contributed by atoms with Gasteiger partial charge < -0.3 is 19.5 Å². The van der Waals surface area contributed by atoms with Gasteiger partial charge in [0.2, 0.25) is 0 Å². The Morgan fingerprint density at radius 3 is 2.05 bits per heavy atom. The van der Waals surface area contributed by atoms with E-state index in [-0.39, 0.29) is 18.4 Å². The third kappa shape index (κ3) is 5.59. The molecule has 0 aliphatic rings. The van der Waals surface area contributed by atoms with Crippen LogP contribution >= 0.6 is 0 Å². The maximum Gasteiger partial charge on any atom is 0.169 e. The first-order valence-corrected chi connectivity index (χ1v) is 6.62. The first-order valence-electron chi connectivity index (χ1n) is 6.62. The molecule has 4 nitrogen and oxygen atoms in total. The van der Waals surface area contributed by atoms with Crippen molar-refractivity contribution in [2.75, 3.05) is 20.8 Å². The second-order valence-electron chi connectivity index (χ2n) is 4.77. The van der Waals surface area contributed by atoms with Crippen molar-refractivity contribution in [2.24, 2.45) is 0 Å². The molecule has 0 aromatic heterocycles. The molecule has 108 valence electrons. The van der Waals surface area contributed by atoms with E-state index >= 15 is 0 Å². The summed E-state index contributed by atoms with van der Waals surface area (Å²) in [5.74, 6) is 0.901. The lowest BCUT2D eigenvalue weighted by Gasteiger charge is -2.19. The minimum absolute atomic E-state index is 0.200. The standard InChI is InChI=1S/C15H25NO3/c1-11(2)19-14-8-6-13(7-9-14)12(3)16-10-15(17-4)18-5/h6-9,11-12,15-16H,10H2,1-5H3. The molecular formula is C15H25NO3. The molecule has 0 fully saturated rings. The van der Waals surface area contributed by atoms with Gasteiger partial charge in [-0.05, 0) is 38.5 Å². The fraction of sp³-hybridized carbons (Fsp3) is 0.600. The van der Waals surface area contributed by atoms with Crippen molar-refractivity contribution in [3.8, 4) is 5.75 Å². The summed E-state index contributed by atoms with van der Waals surface area (Å²) in [6, 6.07) is 8.38. The summed E-state index contributed by atoms with van der Waals surface area (Å²) < 4.78 is 15.9. The molecule has 0 bridgehead atoms. The molecule has 0 heterocycles. The molecule has 4 heteroatoms. The molecule has 19 heavy (non-hydrogen) atoms. The molecule has 0 saturated carbocycles. The van der Waals surface area contributed by atoms with Gasteiger partial charge in [0.25, 0.3) is 0 Å². The average Bonchev–Trinajstić information content (AvgIpc) is 2.39. The topological polar surface area (TPSA) is 39.7 Å². The van der Waals surface area contributed by atoms with E-state index in [2.05, 4.69) is 24.4 Å².